The molecule has 2 heterocycles. The molecule has 7 nitrogen and oxygen atoms in total. The Kier molecular flexibility index (Phi) is 10.4. The number of piperidine rings is 2. The van der Waals surface area contributed by atoms with E-state index >= 15 is 0 Å². The molecule has 7 heteroatoms. The molecule has 0 aliphatic carbocycles. The molecular weight excluding hydrogens is 342 g/mol. The first-order valence-corrected chi connectivity index (χ1v) is 10.6. The van der Waals surface area contributed by atoms with Crippen molar-refractivity contribution in [3.8, 4) is 0 Å². The summed E-state index contributed by atoms with van der Waals surface area (Å²) in [5, 5.41) is 7.05. The fourth-order valence-electron chi connectivity index (χ4n) is 4.10. The maximum Gasteiger partial charge on any atom is 0.191 e. The molecule has 0 aromatic rings. The quantitative estimate of drug-likeness (QED) is 0.335. The number of aliphatic imine (C=N–C) groups is 1. The number of hydrogen-bond acceptors (Lipinski definition) is 5. The lowest BCUT2D eigenvalue weighted by molar-refractivity contribution is 0.0173. The predicted molar refractivity (Wildman–Crippen MR) is 112 cm³/mol. The van der Waals surface area contributed by atoms with Crippen molar-refractivity contribution in [1.82, 2.24) is 20.4 Å². The summed E-state index contributed by atoms with van der Waals surface area (Å²) in [7, 11) is 5.79. The number of nitrogens with one attached hydrogen (secondary N) is 2. The third-order valence-corrected chi connectivity index (χ3v) is 5.94. The number of likely N-dealkylation sites (tertiary alicyclic amines) is 2. The summed E-state index contributed by atoms with van der Waals surface area (Å²) in [6, 6.07) is 0. The van der Waals surface area contributed by atoms with Gasteiger partial charge >= 0.3 is 0 Å². The molecule has 0 aromatic heterocycles. The van der Waals surface area contributed by atoms with Crippen LogP contribution in [0.1, 0.15) is 38.5 Å². The Morgan fingerprint density at radius 2 is 1.74 bits per heavy atom. The lowest BCUT2D eigenvalue weighted by Crippen LogP contribution is -2.62. The minimum Gasteiger partial charge on any atom is -0.382 e. The minimum absolute atomic E-state index is 0.272. The molecule has 27 heavy (non-hydrogen) atoms. The third-order valence-electron chi connectivity index (χ3n) is 5.94. The van der Waals surface area contributed by atoms with Crippen LogP contribution >= 0.6 is 0 Å². The Bertz CT molecular complexity index is 419. The van der Waals surface area contributed by atoms with Gasteiger partial charge in [0.1, 0.15) is 0 Å². The SMILES string of the molecule is CN=C(NCCCOCCOC)NCC1(N2CCCCC2)CCN(C)CC1. The highest BCUT2D eigenvalue weighted by atomic mass is 16.5. The van der Waals surface area contributed by atoms with Gasteiger partial charge in [-0.2, -0.15) is 0 Å². The van der Waals surface area contributed by atoms with Crippen LogP contribution in [0.5, 0.6) is 0 Å². The first kappa shape index (κ1) is 22.4. The highest BCUT2D eigenvalue weighted by Gasteiger charge is 2.39. The van der Waals surface area contributed by atoms with Crippen LogP contribution in [0.4, 0.5) is 0 Å². The summed E-state index contributed by atoms with van der Waals surface area (Å²) < 4.78 is 10.5. The summed E-state index contributed by atoms with van der Waals surface area (Å²) in [5.74, 6) is 0.905. The van der Waals surface area contributed by atoms with Gasteiger partial charge in [-0.05, 0) is 65.3 Å². The van der Waals surface area contributed by atoms with Crippen LogP contribution in [0.3, 0.4) is 0 Å². The van der Waals surface area contributed by atoms with Gasteiger partial charge < -0.3 is 25.0 Å². The molecule has 0 saturated carbocycles. The van der Waals surface area contributed by atoms with E-state index in [0.29, 0.717) is 13.2 Å². The lowest BCUT2D eigenvalue weighted by Gasteiger charge is -2.50. The standard InChI is InChI=1S/C20H41N5O2/c1-21-19(22-10-7-15-27-17-16-26-3)23-18-20(8-13-24(2)14-9-20)25-11-5-4-6-12-25/h4-18H2,1-3H3,(H2,21,22,23). The van der Waals surface area contributed by atoms with Gasteiger partial charge in [0, 0.05) is 39.4 Å². The average molecular weight is 384 g/mol. The van der Waals surface area contributed by atoms with Crippen LogP contribution in [-0.2, 0) is 9.47 Å². The first-order chi connectivity index (χ1) is 13.2. The van der Waals surface area contributed by atoms with Crippen molar-refractivity contribution in [3.63, 3.8) is 0 Å². The smallest absolute Gasteiger partial charge is 0.191 e. The van der Waals surface area contributed by atoms with E-state index in [1.807, 2.05) is 7.05 Å². The predicted octanol–water partition coefficient (Wildman–Crippen LogP) is 1.15. The molecule has 2 aliphatic heterocycles. The van der Waals surface area contributed by atoms with Crippen LogP contribution in [-0.4, -0.2) is 102 Å². The monoisotopic (exact) mass is 383 g/mol. The summed E-state index contributed by atoms with van der Waals surface area (Å²) in [5.41, 5.74) is 0.272. The number of hydrogen-bond donors (Lipinski definition) is 2. The molecule has 0 radical (unpaired) electrons. The number of ether oxygens (including phenoxy) is 2. The van der Waals surface area contributed by atoms with Crippen LogP contribution in [0, 0.1) is 0 Å². The number of nitrogens with zero attached hydrogens (tertiary/aromatic N) is 3. The van der Waals surface area contributed by atoms with Gasteiger partial charge in [0.05, 0.1) is 13.2 Å². The maximum atomic E-state index is 5.51. The van der Waals surface area contributed by atoms with E-state index in [0.717, 1.165) is 32.1 Å². The molecule has 0 aromatic carbocycles. The summed E-state index contributed by atoms with van der Waals surface area (Å²) >= 11 is 0. The van der Waals surface area contributed by atoms with Crippen LogP contribution in [0.25, 0.3) is 0 Å². The van der Waals surface area contributed by atoms with E-state index in [2.05, 4.69) is 32.5 Å². The molecule has 0 spiro atoms. The van der Waals surface area contributed by atoms with E-state index in [4.69, 9.17) is 9.47 Å². The molecule has 0 atom stereocenters. The molecule has 2 rings (SSSR count). The van der Waals surface area contributed by atoms with Crippen molar-refractivity contribution in [1.29, 1.82) is 0 Å². The van der Waals surface area contributed by atoms with Gasteiger partial charge in [0.15, 0.2) is 5.96 Å². The van der Waals surface area contributed by atoms with E-state index in [-0.39, 0.29) is 5.54 Å². The Labute approximate surface area is 165 Å². The van der Waals surface area contributed by atoms with Crippen LogP contribution in [0.15, 0.2) is 4.99 Å². The second-order valence-electron chi connectivity index (χ2n) is 7.89. The summed E-state index contributed by atoms with van der Waals surface area (Å²) in [4.78, 5) is 9.63. The molecule has 0 amide bonds. The zero-order valence-corrected chi connectivity index (χ0v) is 17.8. The van der Waals surface area contributed by atoms with E-state index in [9.17, 15) is 0 Å². The molecule has 2 N–H and O–H groups in total. The van der Waals surface area contributed by atoms with Gasteiger partial charge in [-0.3, -0.25) is 9.89 Å². The van der Waals surface area contributed by atoms with E-state index in [1.54, 1.807) is 7.11 Å². The third kappa shape index (κ3) is 7.56. The molecule has 2 saturated heterocycles. The molecule has 2 fully saturated rings. The van der Waals surface area contributed by atoms with Crippen LogP contribution < -0.4 is 10.6 Å². The second-order valence-corrected chi connectivity index (χ2v) is 7.89. The zero-order chi connectivity index (χ0) is 19.4. The van der Waals surface area contributed by atoms with Gasteiger partial charge in [-0.15, -0.1) is 0 Å². The Balaban J connectivity index is 1.76. The van der Waals surface area contributed by atoms with E-state index in [1.165, 1.54) is 58.3 Å². The van der Waals surface area contributed by atoms with Gasteiger partial charge in [-0.1, -0.05) is 6.42 Å². The topological polar surface area (TPSA) is 61.4 Å². The minimum atomic E-state index is 0.272. The van der Waals surface area contributed by atoms with Crippen molar-refractivity contribution >= 4 is 5.96 Å². The average Bonchev–Trinajstić information content (AvgIpc) is 2.71. The van der Waals surface area contributed by atoms with Gasteiger partial charge in [0.25, 0.3) is 0 Å². The fourth-order valence-corrected chi connectivity index (χ4v) is 4.10. The lowest BCUT2D eigenvalue weighted by atomic mass is 9.84. The normalized spacial score (nSPS) is 22.0. The molecular formula is C20H41N5O2. The highest BCUT2D eigenvalue weighted by molar-refractivity contribution is 5.79. The van der Waals surface area contributed by atoms with Crippen molar-refractivity contribution < 1.29 is 9.47 Å². The Morgan fingerprint density at radius 3 is 2.41 bits per heavy atom. The number of guanidine groups is 1. The maximum absolute atomic E-state index is 5.51. The van der Waals surface area contributed by atoms with E-state index < -0.39 is 0 Å². The molecule has 0 bridgehead atoms. The highest BCUT2D eigenvalue weighted by Crippen LogP contribution is 2.30. The van der Waals surface area contributed by atoms with Gasteiger partial charge in [0.2, 0.25) is 0 Å². The summed E-state index contributed by atoms with van der Waals surface area (Å²) in [6.07, 6.45) is 7.50. The number of methoxy groups -OCH3 is 1. The second kappa shape index (κ2) is 12.5. The van der Waals surface area contributed by atoms with Gasteiger partial charge in [-0.25, -0.2) is 0 Å². The van der Waals surface area contributed by atoms with Crippen molar-refractivity contribution in [3.05, 3.63) is 0 Å². The summed E-state index contributed by atoms with van der Waals surface area (Å²) in [6.45, 7) is 8.77. The molecule has 158 valence electrons. The Hall–Kier alpha value is -0.890. The fraction of sp³-hybridized carbons (Fsp3) is 0.950. The zero-order valence-electron chi connectivity index (χ0n) is 17.8. The molecule has 2 aliphatic rings. The largest absolute Gasteiger partial charge is 0.382 e. The number of rotatable bonds is 10. The van der Waals surface area contributed by atoms with Crippen LogP contribution in [0.2, 0.25) is 0 Å². The van der Waals surface area contributed by atoms with Crippen molar-refractivity contribution in [2.45, 2.75) is 44.1 Å². The molecule has 0 unspecified atom stereocenters. The Morgan fingerprint density at radius 1 is 1.00 bits per heavy atom. The first-order valence-electron chi connectivity index (χ1n) is 10.6. The van der Waals surface area contributed by atoms with Crippen molar-refractivity contribution in [2.75, 3.05) is 80.3 Å². The van der Waals surface area contributed by atoms with Crippen molar-refractivity contribution in [2.24, 2.45) is 4.99 Å².